The highest BCUT2D eigenvalue weighted by Crippen LogP contribution is 2.23. The molecule has 0 aliphatic heterocycles. The number of carbonyl (C=O) groups excluding carboxylic acids is 1. The molecule has 3 heteroatoms. The molecule has 0 N–H and O–H groups in total. The lowest BCUT2D eigenvalue weighted by molar-refractivity contribution is 0.101. The molecule has 0 radical (unpaired) electrons. The maximum atomic E-state index is 11.1. The molecule has 1 aromatic carbocycles. The van der Waals surface area contributed by atoms with E-state index in [9.17, 15) is 4.79 Å². The van der Waals surface area contributed by atoms with Crippen LogP contribution >= 0.6 is 15.9 Å². The summed E-state index contributed by atoms with van der Waals surface area (Å²) in [7, 11) is 0. The van der Waals surface area contributed by atoms with E-state index < -0.39 is 0 Å². The Labute approximate surface area is 97.8 Å². The first kappa shape index (κ1) is 11.8. The topological polar surface area (TPSA) is 26.3 Å². The van der Waals surface area contributed by atoms with Gasteiger partial charge in [0.2, 0.25) is 0 Å². The van der Waals surface area contributed by atoms with E-state index in [1.807, 2.05) is 0 Å². The SMILES string of the molecule is C#CCCOc1ccc(C(C)=O)c(Br)c1. The van der Waals surface area contributed by atoms with E-state index in [0.29, 0.717) is 24.3 Å². The maximum Gasteiger partial charge on any atom is 0.160 e. The average Bonchev–Trinajstić information content (AvgIpc) is 2.17. The second-order valence-corrected chi connectivity index (χ2v) is 3.85. The predicted octanol–water partition coefficient (Wildman–Crippen LogP) is 3.05. The summed E-state index contributed by atoms with van der Waals surface area (Å²) in [5, 5.41) is 0. The first-order chi connectivity index (χ1) is 7.15. The molecule has 0 aliphatic rings. The molecule has 0 spiro atoms. The van der Waals surface area contributed by atoms with Crippen molar-refractivity contribution < 1.29 is 9.53 Å². The number of rotatable bonds is 4. The summed E-state index contributed by atoms with van der Waals surface area (Å²) < 4.78 is 6.12. The Morgan fingerprint density at radius 2 is 2.33 bits per heavy atom. The van der Waals surface area contributed by atoms with Crippen molar-refractivity contribution in [2.24, 2.45) is 0 Å². The van der Waals surface area contributed by atoms with E-state index >= 15 is 0 Å². The fourth-order valence-electron chi connectivity index (χ4n) is 1.10. The Morgan fingerprint density at radius 1 is 1.60 bits per heavy atom. The van der Waals surface area contributed by atoms with Crippen molar-refractivity contribution in [2.75, 3.05) is 6.61 Å². The number of benzene rings is 1. The minimum absolute atomic E-state index is 0.0250. The van der Waals surface area contributed by atoms with Gasteiger partial charge in [-0.3, -0.25) is 4.79 Å². The average molecular weight is 267 g/mol. The van der Waals surface area contributed by atoms with Gasteiger partial charge in [0.1, 0.15) is 5.75 Å². The Morgan fingerprint density at radius 3 is 2.87 bits per heavy atom. The molecule has 0 fully saturated rings. The quantitative estimate of drug-likeness (QED) is 0.476. The van der Waals surface area contributed by atoms with Crippen LogP contribution in [0.4, 0.5) is 0 Å². The molecule has 15 heavy (non-hydrogen) atoms. The van der Waals surface area contributed by atoms with Crippen LogP contribution in [0.15, 0.2) is 22.7 Å². The Bertz CT molecular complexity index is 405. The minimum Gasteiger partial charge on any atom is -0.493 e. The molecule has 0 unspecified atom stereocenters. The fraction of sp³-hybridized carbons (Fsp3) is 0.250. The standard InChI is InChI=1S/C12H11BrO2/c1-3-4-7-15-10-5-6-11(9(2)14)12(13)8-10/h1,5-6,8H,4,7H2,2H3. The molecular formula is C12H11BrO2. The summed E-state index contributed by atoms with van der Waals surface area (Å²) in [6.07, 6.45) is 5.68. The van der Waals surface area contributed by atoms with Crippen LogP contribution in [0.25, 0.3) is 0 Å². The van der Waals surface area contributed by atoms with Crippen molar-refractivity contribution in [3.05, 3.63) is 28.2 Å². The van der Waals surface area contributed by atoms with Crippen LogP contribution in [-0.4, -0.2) is 12.4 Å². The minimum atomic E-state index is 0.0250. The van der Waals surface area contributed by atoms with Crippen molar-refractivity contribution in [1.82, 2.24) is 0 Å². The third kappa shape index (κ3) is 3.41. The van der Waals surface area contributed by atoms with E-state index in [1.165, 1.54) is 6.92 Å². The van der Waals surface area contributed by atoms with E-state index in [0.717, 1.165) is 4.47 Å². The van der Waals surface area contributed by atoms with Crippen LogP contribution in [-0.2, 0) is 0 Å². The van der Waals surface area contributed by atoms with E-state index in [4.69, 9.17) is 11.2 Å². The van der Waals surface area contributed by atoms with Crippen LogP contribution in [0, 0.1) is 12.3 Å². The summed E-state index contributed by atoms with van der Waals surface area (Å²) in [6, 6.07) is 5.27. The van der Waals surface area contributed by atoms with Crippen LogP contribution in [0.1, 0.15) is 23.7 Å². The van der Waals surface area contributed by atoms with Gasteiger partial charge in [-0.25, -0.2) is 0 Å². The predicted molar refractivity (Wildman–Crippen MR) is 63.1 cm³/mol. The summed E-state index contributed by atoms with van der Waals surface area (Å²) >= 11 is 3.32. The van der Waals surface area contributed by atoms with Crippen LogP contribution in [0.2, 0.25) is 0 Å². The maximum absolute atomic E-state index is 11.1. The summed E-state index contributed by atoms with van der Waals surface area (Å²) in [6.45, 7) is 2.02. The van der Waals surface area contributed by atoms with Gasteiger partial charge in [0, 0.05) is 16.5 Å². The molecule has 1 rings (SSSR count). The third-order valence-corrected chi connectivity index (χ3v) is 2.49. The normalized spacial score (nSPS) is 9.40. The molecule has 0 atom stereocenters. The molecule has 0 saturated heterocycles. The van der Waals surface area contributed by atoms with Gasteiger partial charge in [-0.05, 0) is 41.1 Å². The highest BCUT2D eigenvalue weighted by molar-refractivity contribution is 9.10. The van der Waals surface area contributed by atoms with E-state index in [2.05, 4.69) is 21.9 Å². The van der Waals surface area contributed by atoms with Crippen LogP contribution in [0.3, 0.4) is 0 Å². The van der Waals surface area contributed by atoms with Crippen molar-refractivity contribution in [3.63, 3.8) is 0 Å². The third-order valence-electron chi connectivity index (χ3n) is 1.83. The molecule has 2 nitrogen and oxygen atoms in total. The highest BCUT2D eigenvalue weighted by atomic mass is 79.9. The molecule has 0 bridgehead atoms. The van der Waals surface area contributed by atoms with Gasteiger partial charge in [-0.15, -0.1) is 12.3 Å². The lowest BCUT2D eigenvalue weighted by atomic mass is 10.1. The lowest BCUT2D eigenvalue weighted by Gasteiger charge is -2.06. The number of ether oxygens (including phenoxy) is 1. The van der Waals surface area contributed by atoms with Gasteiger partial charge >= 0.3 is 0 Å². The van der Waals surface area contributed by atoms with Crippen molar-refractivity contribution >= 4 is 21.7 Å². The van der Waals surface area contributed by atoms with Gasteiger partial charge in [0.15, 0.2) is 5.78 Å². The molecule has 0 saturated carbocycles. The molecular weight excluding hydrogens is 256 g/mol. The summed E-state index contributed by atoms with van der Waals surface area (Å²) in [4.78, 5) is 11.1. The second kappa shape index (κ2) is 5.57. The highest BCUT2D eigenvalue weighted by Gasteiger charge is 2.05. The molecule has 78 valence electrons. The lowest BCUT2D eigenvalue weighted by Crippen LogP contribution is -1.98. The summed E-state index contributed by atoms with van der Waals surface area (Å²) in [5.41, 5.74) is 0.652. The zero-order chi connectivity index (χ0) is 11.3. The van der Waals surface area contributed by atoms with Crippen molar-refractivity contribution in [1.29, 1.82) is 0 Å². The molecule has 0 aromatic heterocycles. The monoisotopic (exact) mass is 266 g/mol. The smallest absolute Gasteiger partial charge is 0.160 e. The second-order valence-electron chi connectivity index (χ2n) is 3.00. The molecule has 0 heterocycles. The van der Waals surface area contributed by atoms with Gasteiger partial charge in [-0.1, -0.05) is 0 Å². The number of hydrogen-bond acceptors (Lipinski definition) is 2. The first-order valence-corrected chi connectivity index (χ1v) is 5.31. The van der Waals surface area contributed by atoms with Gasteiger partial charge in [-0.2, -0.15) is 0 Å². The van der Waals surface area contributed by atoms with E-state index in [1.54, 1.807) is 18.2 Å². The summed E-state index contributed by atoms with van der Waals surface area (Å²) in [5.74, 6) is 3.23. The molecule has 1 aromatic rings. The van der Waals surface area contributed by atoms with Crippen molar-refractivity contribution in [2.45, 2.75) is 13.3 Å². The number of terminal acetylenes is 1. The van der Waals surface area contributed by atoms with Crippen LogP contribution < -0.4 is 4.74 Å². The number of ketones is 1. The largest absolute Gasteiger partial charge is 0.493 e. The number of carbonyl (C=O) groups is 1. The zero-order valence-electron chi connectivity index (χ0n) is 8.42. The Balaban J connectivity index is 2.74. The van der Waals surface area contributed by atoms with Gasteiger partial charge < -0.3 is 4.74 Å². The molecule has 0 aliphatic carbocycles. The van der Waals surface area contributed by atoms with Crippen LogP contribution in [0.5, 0.6) is 5.75 Å². The zero-order valence-corrected chi connectivity index (χ0v) is 10.0. The van der Waals surface area contributed by atoms with E-state index in [-0.39, 0.29) is 5.78 Å². The number of halogens is 1. The Hall–Kier alpha value is -1.27. The molecule has 0 amide bonds. The Kier molecular flexibility index (Phi) is 4.38. The number of Topliss-reactive ketones (excluding diaryl/α,β-unsaturated/α-hetero) is 1. The van der Waals surface area contributed by atoms with Crippen molar-refractivity contribution in [3.8, 4) is 18.1 Å². The number of hydrogen-bond donors (Lipinski definition) is 0. The fourth-order valence-corrected chi connectivity index (χ4v) is 1.74. The van der Waals surface area contributed by atoms with Gasteiger partial charge in [0.05, 0.1) is 6.61 Å². The first-order valence-electron chi connectivity index (χ1n) is 4.52. The van der Waals surface area contributed by atoms with Gasteiger partial charge in [0.25, 0.3) is 0 Å².